The van der Waals surface area contributed by atoms with Crippen molar-refractivity contribution >= 4 is 11.4 Å². The number of hydrogen-bond acceptors (Lipinski definition) is 4. The Bertz CT molecular complexity index is 1060. The molecule has 32 heavy (non-hydrogen) atoms. The smallest absolute Gasteiger partial charge is 0.254 e. The molecule has 0 radical (unpaired) electrons. The summed E-state index contributed by atoms with van der Waals surface area (Å²) in [5, 5.41) is 4.36. The molecular formula is C26H32N4O2. The van der Waals surface area contributed by atoms with Crippen LogP contribution < -0.4 is 0 Å². The zero-order valence-electron chi connectivity index (χ0n) is 18.7. The number of amides is 1. The van der Waals surface area contributed by atoms with Gasteiger partial charge in [0.15, 0.2) is 0 Å². The number of morpholine rings is 1. The molecule has 0 unspecified atom stereocenters. The van der Waals surface area contributed by atoms with E-state index in [9.17, 15) is 4.79 Å². The van der Waals surface area contributed by atoms with Crippen molar-refractivity contribution in [3.8, 4) is 0 Å². The summed E-state index contributed by atoms with van der Waals surface area (Å²) in [7, 11) is 0. The van der Waals surface area contributed by atoms with Crippen molar-refractivity contribution < 1.29 is 9.53 Å². The number of fused-ring (bicyclic) bond motifs is 1. The van der Waals surface area contributed by atoms with Gasteiger partial charge in [-0.2, -0.15) is 5.10 Å². The van der Waals surface area contributed by atoms with Crippen molar-refractivity contribution in [1.29, 1.82) is 0 Å². The fourth-order valence-electron chi connectivity index (χ4n) is 5.11. The van der Waals surface area contributed by atoms with Gasteiger partial charge >= 0.3 is 0 Å². The molecule has 2 saturated heterocycles. The summed E-state index contributed by atoms with van der Waals surface area (Å²) < 4.78 is 7.43. The standard InChI is InChI=1S/C26H32N4O2/c31-26(24-8-2-1-6-23(24)20-28-15-17-32-18-16-28)29-12-3-5-21(10-14-29)19-22-7-4-13-30-25(22)9-11-27-30/h1-2,4,6-9,11,13,21H,3,5,10,12,14-20H2/t21-/m1/s1. The average molecular weight is 433 g/mol. The van der Waals surface area contributed by atoms with Gasteiger partial charge < -0.3 is 9.64 Å². The summed E-state index contributed by atoms with van der Waals surface area (Å²) in [4.78, 5) is 18.0. The van der Waals surface area contributed by atoms with E-state index in [1.54, 1.807) is 0 Å². The van der Waals surface area contributed by atoms with E-state index in [0.717, 1.165) is 82.7 Å². The third kappa shape index (κ3) is 4.71. The van der Waals surface area contributed by atoms with Gasteiger partial charge in [-0.1, -0.05) is 24.3 Å². The minimum absolute atomic E-state index is 0.187. The maximum absolute atomic E-state index is 13.5. The summed E-state index contributed by atoms with van der Waals surface area (Å²) >= 11 is 0. The van der Waals surface area contributed by atoms with Crippen LogP contribution in [0.25, 0.3) is 5.52 Å². The van der Waals surface area contributed by atoms with Gasteiger partial charge in [-0.05, 0) is 60.9 Å². The Morgan fingerprint density at radius 3 is 2.72 bits per heavy atom. The third-order valence-electron chi connectivity index (χ3n) is 6.91. The minimum atomic E-state index is 0.187. The van der Waals surface area contributed by atoms with E-state index in [1.807, 2.05) is 35.1 Å². The quantitative estimate of drug-likeness (QED) is 0.618. The van der Waals surface area contributed by atoms with Crippen LogP contribution in [-0.2, 0) is 17.7 Å². The van der Waals surface area contributed by atoms with Crippen LogP contribution in [-0.4, -0.2) is 64.7 Å². The van der Waals surface area contributed by atoms with Crippen molar-refractivity contribution in [3.05, 3.63) is 71.5 Å². The first-order valence-electron chi connectivity index (χ1n) is 11.9. The molecule has 0 bridgehead atoms. The van der Waals surface area contributed by atoms with Crippen molar-refractivity contribution in [2.45, 2.75) is 32.2 Å². The highest BCUT2D eigenvalue weighted by Gasteiger charge is 2.24. The molecule has 1 amide bonds. The minimum Gasteiger partial charge on any atom is -0.379 e. The van der Waals surface area contributed by atoms with Gasteiger partial charge in [0, 0.05) is 50.7 Å². The van der Waals surface area contributed by atoms with E-state index in [1.165, 1.54) is 11.1 Å². The molecule has 0 aliphatic carbocycles. The highest BCUT2D eigenvalue weighted by Crippen LogP contribution is 2.25. The average Bonchev–Trinajstić information content (AvgIpc) is 3.20. The number of aromatic nitrogens is 2. The van der Waals surface area contributed by atoms with Crippen LogP contribution in [0.3, 0.4) is 0 Å². The van der Waals surface area contributed by atoms with Gasteiger partial charge in [-0.25, -0.2) is 4.52 Å². The SMILES string of the molecule is O=C(c1ccccc1CN1CCOCC1)N1CCC[C@@H](Cc2cccn3nccc23)CC1. The molecule has 0 saturated carbocycles. The molecule has 0 N–H and O–H groups in total. The van der Waals surface area contributed by atoms with Crippen LogP contribution in [0.4, 0.5) is 0 Å². The van der Waals surface area contributed by atoms with E-state index < -0.39 is 0 Å². The molecule has 6 nitrogen and oxygen atoms in total. The van der Waals surface area contributed by atoms with Gasteiger partial charge in [-0.3, -0.25) is 9.69 Å². The Morgan fingerprint density at radius 1 is 0.969 bits per heavy atom. The number of likely N-dealkylation sites (tertiary alicyclic amines) is 1. The zero-order valence-corrected chi connectivity index (χ0v) is 18.7. The summed E-state index contributed by atoms with van der Waals surface area (Å²) in [6.45, 7) is 5.90. The van der Waals surface area contributed by atoms with Crippen LogP contribution >= 0.6 is 0 Å². The van der Waals surface area contributed by atoms with Crippen molar-refractivity contribution in [3.63, 3.8) is 0 Å². The number of hydrogen-bond donors (Lipinski definition) is 0. The van der Waals surface area contributed by atoms with Gasteiger partial charge in [0.05, 0.1) is 18.7 Å². The second kappa shape index (κ2) is 9.84. The Morgan fingerprint density at radius 2 is 1.81 bits per heavy atom. The highest BCUT2D eigenvalue weighted by atomic mass is 16.5. The predicted octanol–water partition coefficient (Wildman–Crippen LogP) is 3.65. The summed E-state index contributed by atoms with van der Waals surface area (Å²) in [6, 6.07) is 14.5. The van der Waals surface area contributed by atoms with Crippen LogP contribution in [0.5, 0.6) is 0 Å². The lowest BCUT2D eigenvalue weighted by molar-refractivity contribution is 0.0340. The topological polar surface area (TPSA) is 50.1 Å². The molecule has 0 spiro atoms. The number of pyridine rings is 1. The lowest BCUT2D eigenvalue weighted by Crippen LogP contribution is -2.37. The Kier molecular flexibility index (Phi) is 6.51. The second-order valence-corrected chi connectivity index (χ2v) is 9.03. The van der Waals surface area contributed by atoms with Gasteiger partial charge in [-0.15, -0.1) is 0 Å². The summed E-state index contributed by atoms with van der Waals surface area (Å²) in [5.74, 6) is 0.782. The molecule has 3 aromatic rings. The Hall–Kier alpha value is -2.70. The van der Waals surface area contributed by atoms with Gasteiger partial charge in [0.2, 0.25) is 0 Å². The molecule has 2 fully saturated rings. The molecule has 2 aromatic heterocycles. The fourth-order valence-corrected chi connectivity index (χ4v) is 5.11. The van der Waals surface area contributed by atoms with Crippen molar-refractivity contribution in [1.82, 2.24) is 19.4 Å². The Labute approximate surface area is 189 Å². The molecule has 2 aliphatic rings. The fraction of sp³-hybridized carbons (Fsp3) is 0.462. The van der Waals surface area contributed by atoms with Gasteiger partial charge in [0.25, 0.3) is 5.91 Å². The molecule has 2 aliphatic heterocycles. The second-order valence-electron chi connectivity index (χ2n) is 9.03. The number of nitrogens with zero attached hydrogens (tertiary/aromatic N) is 4. The van der Waals surface area contributed by atoms with Crippen molar-refractivity contribution in [2.75, 3.05) is 39.4 Å². The Balaban J connectivity index is 1.24. The number of ether oxygens (including phenoxy) is 1. The van der Waals surface area contributed by atoms with E-state index in [4.69, 9.17) is 4.74 Å². The number of carbonyl (C=O) groups is 1. The molecule has 1 aromatic carbocycles. The number of benzene rings is 1. The maximum atomic E-state index is 13.5. The monoisotopic (exact) mass is 432 g/mol. The highest BCUT2D eigenvalue weighted by molar-refractivity contribution is 5.95. The zero-order chi connectivity index (χ0) is 21.8. The molecule has 168 valence electrons. The summed E-state index contributed by atoms with van der Waals surface area (Å²) in [6.07, 6.45) is 8.18. The maximum Gasteiger partial charge on any atom is 0.254 e. The van der Waals surface area contributed by atoms with E-state index in [0.29, 0.717) is 5.92 Å². The van der Waals surface area contributed by atoms with Crippen LogP contribution in [0.1, 0.15) is 40.7 Å². The molecule has 6 heteroatoms. The lowest BCUT2D eigenvalue weighted by atomic mass is 9.92. The lowest BCUT2D eigenvalue weighted by Gasteiger charge is -2.28. The van der Waals surface area contributed by atoms with E-state index in [2.05, 4.69) is 39.2 Å². The van der Waals surface area contributed by atoms with Crippen molar-refractivity contribution in [2.24, 2.45) is 5.92 Å². The number of rotatable bonds is 5. The van der Waals surface area contributed by atoms with E-state index >= 15 is 0 Å². The predicted molar refractivity (Wildman–Crippen MR) is 125 cm³/mol. The van der Waals surface area contributed by atoms with E-state index in [-0.39, 0.29) is 5.91 Å². The van der Waals surface area contributed by atoms with Crippen LogP contribution in [0.15, 0.2) is 54.9 Å². The first-order chi connectivity index (χ1) is 15.8. The first-order valence-corrected chi connectivity index (χ1v) is 11.9. The molecule has 1 atom stereocenters. The molecule has 5 rings (SSSR count). The van der Waals surface area contributed by atoms with Crippen LogP contribution in [0, 0.1) is 5.92 Å². The number of carbonyl (C=O) groups excluding carboxylic acids is 1. The first kappa shape index (κ1) is 21.2. The molecular weight excluding hydrogens is 400 g/mol. The van der Waals surface area contributed by atoms with Gasteiger partial charge in [0.1, 0.15) is 0 Å². The largest absolute Gasteiger partial charge is 0.379 e. The normalized spacial score (nSPS) is 20.4. The summed E-state index contributed by atoms with van der Waals surface area (Å²) in [5.41, 5.74) is 4.54. The molecule has 4 heterocycles. The third-order valence-corrected chi connectivity index (χ3v) is 6.91. The van der Waals surface area contributed by atoms with Crippen LogP contribution in [0.2, 0.25) is 0 Å².